The van der Waals surface area contributed by atoms with Crippen LogP contribution in [0.1, 0.15) is 24.3 Å². The Kier molecular flexibility index (Phi) is 2.49. The van der Waals surface area contributed by atoms with Crippen molar-refractivity contribution in [3.05, 3.63) is 35.6 Å². The maximum Gasteiger partial charge on any atom is 0.321 e. The molecule has 78 valence electrons. The van der Waals surface area contributed by atoms with E-state index in [1.807, 2.05) is 0 Å². The molecule has 15 heavy (non-hydrogen) atoms. The number of hydrogen-bond acceptors (Lipinski definition) is 3. The molecule has 0 N–H and O–H groups in total. The molecule has 1 heterocycles. The van der Waals surface area contributed by atoms with Crippen molar-refractivity contribution in [3.8, 4) is 0 Å². The number of cyclic esters (lactones) is 2. The zero-order valence-electron chi connectivity index (χ0n) is 7.90. The molecule has 4 heteroatoms. The average molecular weight is 208 g/mol. The predicted octanol–water partition coefficient (Wildman–Crippen LogP) is 1.77. The number of esters is 2. The van der Waals surface area contributed by atoms with E-state index in [-0.39, 0.29) is 6.42 Å². The van der Waals surface area contributed by atoms with Gasteiger partial charge in [-0.15, -0.1) is 0 Å². The second-order valence-corrected chi connectivity index (χ2v) is 3.44. The summed E-state index contributed by atoms with van der Waals surface area (Å²) in [5.41, 5.74) is 0.563. The van der Waals surface area contributed by atoms with Gasteiger partial charge in [-0.1, -0.05) is 12.1 Å². The van der Waals surface area contributed by atoms with Gasteiger partial charge in [0.1, 0.15) is 5.82 Å². The van der Waals surface area contributed by atoms with E-state index in [9.17, 15) is 14.0 Å². The molecule has 1 aromatic carbocycles. The predicted molar refractivity (Wildman–Crippen MR) is 49.5 cm³/mol. The van der Waals surface area contributed by atoms with Gasteiger partial charge in [-0.25, -0.2) is 4.39 Å². The first-order valence-corrected chi connectivity index (χ1v) is 4.67. The minimum atomic E-state index is -0.586. The van der Waals surface area contributed by atoms with Gasteiger partial charge in [0.05, 0.1) is 5.92 Å². The number of carbonyl (C=O) groups is 2. The molecule has 2 rings (SSSR count). The van der Waals surface area contributed by atoms with Crippen LogP contribution in [0, 0.1) is 5.82 Å². The highest BCUT2D eigenvalue weighted by molar-refractivity contribution is 5.92. The minimum absolute atomic E-state index is 0.201. The third-order valence-electron chi connectivity index (χ3n) is 2.39. The van der Waals surface area contributed by atoms with Crippen LogP contribution in [0.3, 0.4) is 0 Å². The Morgan fingerprint density at radius 1 is 1.33 bits per heavy atom. The molecule has 1 aliphatic rings. The van der Waals surface area contributed by atoms with E-state index >= 15 is 0 Å². The lowest BCUT2D eigenvalue weighted by Crippen LogP contribution is -2.26. The van der Waals surface area contributed by atoms with Crippen LogP contribution in [0.5, 0.6) is 0 Å². The first-order valence-electron chi connectivity index (χ1n) is 4.67. The highest BCUT2D eigenvalue weighted by atomic mass is 19.1. The van der Waals surface area contributed by atoms with Crippen molar-refractivity contribution in [2.45, 2.75) is 18.8 Å². The summed E-state index contributed by atoms with van der Waals surface area (Å²) in [7, 11) is 0. The third-order valence-corrected chi connectivity index (χ3v) is 2.39. The molecule has 0 saturated carbocycles. The lowest BCUT2D eigenvalue weighted by molar-refractivity contribution is -0.164. The molecule has 0 aromatic heterocycles. The fraction of sp³-hybridized carbons (Fsp3) is 0.273. The van der Waals surface area contributed by atoms with Crippen molar-refractivity contribution in [3.63, 3.8) is 0 Å². The van der Waals surface area contributed by atoms with Gasteiger partial charge in [0.15, 0.2) is 0 Å². The summed E-state index contributed by atoms with van der Waals surface area (Å²) in [5.74, 6) is -2.00. The molecule has 0 amide bonds. The van der Waals surface area contributed by atoms with E-state index in [0.717, 1.165) is 0 Å². The molecule has 0 aliphatic carbocycles. The quantitative estimate of drug-likeness (QED) is 0.521. The summed E-state index contributed by atoms with van der Waals surface area (Å²) in [5, 5.41) is 0. The monoisotopic (exact) mass is 208 g/mol. The van der Waals surface area contributed by atoms with E-state index in [2.05, 4.69) is 4.74 Å². The van der Waals surface area contributed by atoms with Crippen LogP contribution in [0.2, 0.25) is 0 Å². The first kappa shape index (κ1) is 9.83. The number of ether oxygens (including phenoxy) is 1. The highest BCUT2D eigenvalue weighted by Crippen LogP contribution is 2.27. The van der Waals surface area contributed by atoms with E-state index < -0.39 is 23.7 Å². The number of halogens is 1. The van der Waals surface area contributed by atoms with Crippen LogP contribution in [-0.4, -0.2) is 11.9 Å². The molecule has 1 aliphatic heterocycles. The Labute approximate surface area is 85.9 Å². The summed E-state index contributed by atoms with van der Waals surface area (Å²) in [4.78, 5) is 22.2. The average Bonchev–Trinajstić information content (AvgIpc) is 2.17. The van der Waals surface area contributed by atoms with Gasteiger partial charge >= 0.3 is 11.9 Å². The number of rotatable bonds is 1. The third kappa shape index (κ3) is 2.03. The second kappa shape index (κ2) is 3.81. The Hall–Kier alpha value is -1.71. The van der Waals surface area contributed by atoms with E-state index in [1.54, 1.807) is 6.07 Å². The van der Waals surface area contributed by atoms with Crippen LogP contribution < -0.4 is 0 Å². The van der Waals surface area contributed by atoms with E-state index in [4.69, 9.17) is 0 Å². The molecule has 1 saturated heterocycles. The van der Waals surface area contributed by atoms with Crippen LogP contribution in [0.15, 0.2) is 24.3 Å². The standard InChI is InChI=1S/C11H9FO3/c12-8-3-1-2-7(6-8)9-4-5-10(13)15-11(9)14/h1-3,6,9H,4-5H2. The van der Waals surface area contributed by atoms with Gasteiger partial charge < -0.3 is 4.74 Å². The van der Waals surface area contributed by atoms with Crippen molar-refractivity contribution in [1.29, 1.82) is 0 Å². The van der Waals surface area contributed by atoms with Crippen LogP contribution in [-0.2, 0) is 14.3 Å². The topological polar surface area (TPSA) is 43.4 Å². The Bertz CT molecular complexity index is 414. The molecule has 1 fully saturated rings. The lowest BCUT2D eigenvalue weighted by atomic mass is 9.93. The maximum atomic E-state index is 12.9. The largest absolute Gasteiger partial charge is 0.393 e. The van der Waals surface area contributed by atoms with Crippen LogP contribution >= 0.6 is 0 Å². The zero-order valence-corrected chi connectivity index (χ0v) is 7.90. The van der Waals surface area contributed by atoms with Gasteiger partial charge in [-0.2, -0.15) is 0 Å². The van der Waals surface area contributed by atoms with Gasteiger partial charge in [0.2, 0.25) is 0 Å². The van der Waals surface area contributed by atoms with Crippen molar-refractivity contribution in [2.24, 2.45) is 0 Å². The normalized spacial score (nSPS) is 21.3. The molecule has 1 atom stereocenters. The SMILES string of the molecule is O=C1CCC(c2cccc(F)c2)C(=O)O1. The van der Waals surface area contributed by atoms with Crippen LogP contribution in [0.4, 0.5) is 4.39 Å². The number of carbonyl (C=O) groups excluding carboxylic acids is 2. The molecule has 1 aromatic rings. The summed E-state index contributed by atoms with van der Waals surface area (Å²) in [6, 6.07) is 5.80. The smallest absolute Gasteiger partial charge is 0.321 e. The maximum absolute atomic E-state index is 12.9. The van der Waals surface area contributed by atoms with Gasteiger partial charge in [-0.3, -0.25) is 9.59 Å². The number of benzene rings is 1. The van der Waals surface area contributed by atoms with Gasteiger partial charge in [0.25, 0.3) is 0 Å². The Morgan fingerprint density at radius 3 is 2.80 bits per heavy atom. The van der Waals surface area contributed by atoms with E-state index in [1.165, 1.54) is 18.2 Å². The summed E-state index contributed by atoms with van der Waals surface area (Å²) < 4.78 is 17.4. The summed E-state index contributed by atoms with van der Waals surface area (Å²) in [6.07, 6.45) is 0.591. The van der Waals surface area contributed by atoms with Crippen molar-refractivity contribution >= 4 is 11.9 Å². The summed E-state index contributed by atoms with van der Waals surface area (Å²) in [6.45, 7) is 0. The highest BCUT2D eigenvalue weighted by Gasteiger charge is 2.30. The molecule has 3 nitrogen and oxygen atoms in total. The van der Waals surface area contributed by atoms with Crippen molar-refractivity contribution in [2.75, 3.05) is 0 Å². The number of hydrogen-bond donors (Lipinski definition) is 0. The second-order valence-electron chi connectivity index (χ2n) is 3.44. The molecule has 0 bridgehead atoms. The molecular weight excluding hydrogens is 199 g/mol. The van der Waals surface area contributed by atoms with Crippen molar-refractivity contribution in [1.82, 2.24) is 0 Å². The molecular formula is C11H9FO3. The van der Waals surface area contributed by atoms with E-state index in [0.29, 0.717) is 12.0 Å². The Balaban J connectivity index is 2.24. The molecule has 0 spiro atoms. The summed E-state index contributed by atoms with van der Waals surface area (Å²) >= 11 is 0. The minimum Gasteiger partial charge on any atom is -0.393 e. The molecule has 0 radical (unpaired) electrons. The lowest BCUT2D eigenvalue weighted by Gasteiger charge is -2.19. The fourth-order valence-corrected chi connectivity index (χ4v) is 1.64. The molecule has 1 unspecified atom stereocenters. The fourth-order valence-electron chi connectivity index (χ4n) is 1.64. The Morgan fingerprint density at radius 2 is 2.13 bits per heavy atom. The van der Waals surface area contributed by atoms with Crippen LogP contribution in [0.25, 0.3) is 0 Å². The van der Waals surface area contributed by atoms with Gasteiger partial charge in [-0.05, 0) is 24.1 Å². The first-order chi connectivity index (χ1) is 7.16. The van der Waals surface area contributed by atoms with Crippen molar-refractivity contribution < 1.29 is 18.7 Å². The zero-order chi connectivity index (χ0) is 10.8. The van der Waals surface area contributed by atoms with Gasteiger partial charge in [0, 0.05) is 6.42 Å².